The maximum Gasteiger partial charge on any atom is 0.258 e. The summed E-state index contributed by atoms with van der Waals surface area (Å²) in [6.45, 7) is 4.49. The molecule has 0 saturated heterocycles. The molecule has 35 heavy (non-hydrogen) atoms. The number of nitrogens with zero attached hydrogens (tertiary/aromatic N) is 3. The van der Waals surface area contributed by atoms with Gasteiger partial charge >= 0.3 is 0 Å². The Labute approximate surface area is 207 Å². The first-order valence-electron chi connectivity index (χ1n) is 11.1. The molecule has 8 heteroatoms. The molecule has 1 aliphatic rings. The number of allylic oxidation sites excluding steroid dienone is 1. The quantitative estimate of drug-likeness (QED) is 0.338. The van der Waals surface area contributed by atoms with Crippen LogP contribution in [0.5, 0.6) is 0 Å². The van der Waals surface area contributed by atoms with Gasteiger partial charge in [0.15, 0.2) is 5.11 Å². The second-order valence-electron chi connectivity index (χ2n) is 8.44. The Hall–Kier alpha value is -3.91. The summed E-state index contributed by atoms with van der Waals surface area (Å²) in [5.74, 6) is -0.243. The molecular weight excluding hydrogens is 466 g/mol. The lowest BCUT2D eigenvalue weighted by molar-refractivity contribution is 0.396. The van der Waals surface area contributed by atoms with Crippen LogP contribution >= 0.6 is 12.2 Å². The van der Waals surface area contributed by atoms with E-state index >= 15 is 0 Å². The number of hydrogen-bond acceptors (Lipinski definition) is 4. The van der Waals surface area contributed by atoms with E-state index in [4.69, 9.17) is 16.7 Å². The summed E-state index contributed by atoms with van der Waals surface area (Å²) in [7, 11) is 0. The molecule has 4 aromatic rings. The zero-order valence-corrected chi connectivity index (χ0v) is 19.9. The minimum Gasteiger partial charge on any atom is -0.351 e. The first-order chi connectivity index (χ1) is 16.9. The molecule has 0 bridgehead atoms. The summed E-state index contributed by atoms with van der Waals surface area (Å²) in [5.41, 5.74) is 4.89. The van der Waals surface area contributed by atoms with Crippen molar-refractivity contribution in [2.45, 2.75) is 26.4 Å². The van der Waals surface area contributed by atoms with E-state index in [1.807, 2.05) is 24.8 Å². The van der Waals surface area contributed by atoms with Crippen LogP contribution in [0.3, 0.4) is 0 Å². The van der Waals surface area contributed by atoms with Crippen LogP contribution in [-0.2, 0) is 6.54 Å². The van der Waals surface area contributed by atoms with E-state index in [1.54, 1.807) is 18.2 Å². The summed E-state index contributed by atoms with van der Waals surface area (Å²) in [6.07, 6.45) is 0. The number of aryl methyl sites for hydroxylation is 1. The highest BCUT2D eigenvalue weighted by Crippen LogP contribution is 2.38. The monoisotopic (exact) mass is 488 g/mol. The summed E-state index contributed by atoms with van der Waals surface area (Å²) in [6, 6.07) is 20.0. The van der Waals surface area contributed by atoms with Gasteiger partial charge < -0.3 is 14.7 Å². The van der Waals surface area contributed by atoms with Crippen molar-refractivity contribution in [3.05, 3.63) is 113 Å². The van der Waals surface area contributed by atoms with Crippen molar-refractivity contribution < 1.29 is 13.3 Å². The van der Waals surface area contributed by atoms with Crippen LogP contribution in [0.15, 0.2) is 83.0 Å². The van der Waals surface area contributed by atoms with Crippen molar-refractivity contribution in [3.8, 4) is 11.4 Å². The van der Waals surface area contributed by atoms with Gasteiger partial charge in [-0.1, -0.05) is 59.3 Å². The van der Waals surface area contributed by atoms with Crippen molar-refractivity contribution in [1.29, 1.82) is 0 Å². The average Bonchev–Trinajstić information content (AvgIpc) is 3.32. The largest absolute Gasteiger partial charge is 0.351 e. The van der Waals surface area contributed by atoms with E-state index in [0.29, 0.717) is 28.4 Å². The third kappa shape index (κ3) is 4.70. The molecule has 5 rings (SSSR count). The van der Waals surface area contributed by atoms with Crippen molar-refractivity contribution in [1.82, 2.24) is 20.4 Å². The molecule has 0 amide bonds. The summed E-state index contributed by atoms with van der Waals surface area (Å²) in [4.78, 5) is 6.52. The lowest BCUT2D eigenvalue weighted by Crippen LogP contribution is -2.45. The number of hydrogen-bond donors (Lipinski definition) is 1. The second-order valence-corrected chi connectivity index (χ2v) is 8.83. The highest BCUT2D eigenvalue weighted by Gasteiger charge is 2.34. The molecule has 0 fully saturated rings. The Balaban J connectivity index is 1.60. The fourth-order valence-corrected chi connectivity index (χ4v) is 4.46. The van der Waals surface area contributed by atoms with Crippen LogP contribution < -0.4 is 5.32 Å². The van der Waals surface area contributed by atoms with E-state index in [1.165, 1.54) is 29.8 Å². The Morgan fingerprint density at radius 2 is 1.69 bits per heavy atom. The van der Waals surface area contributed by atoms with Gasteiger partial charge in [0, 0.05) is 17.8 Å². The van der Waals surface area contributed by atoms with Gasteiger partial charge in [-0.2, -0.15) is 4.98 Å². The third-order valence-corrected chi connectivity index (χ3v) is 6.32. The lowest BCUT2D eigenvalue weighted by Gasteiger charge is -2.37. The van der Waals surface area contributed by atoms with Gasteiger partial charge in [0.25, 0.3) is 5.89 Å². The highest BCUT2D eigenvalue weighted by molar-refractivity contribution is 7.80. The van der Waals surface area contributed by atoms with E-state index in [0.717, 1.165) is 11.3 Å². The van der Waals surface area contributed by atoms with E-state index in [2.05, 4.69) is 39.7 Å². The van der Waals surface area contributed by atoms with Gasteiger partial charge in [-0.15, -0.1) is 0 Å². The Morgan fingerprint density at radius 1 is 0.971 bits per heavy atom. The highest BCUT2D eigenvalue weighted by atomic mass is 32.1. The molecule has 1 aromatic heterocycles. The molecule has 1 N–H and O–H groups in total. The second kappa shape index (κ2) is 9.38. The maximum atomic E-state index is 14.1. The number of nitrogens with one attached hydrogen (secondary N) is 1. The zero-order chi connectivity index (χ0) is 24.5. The normalized spacial score (nSPS) is 15.9. The number of benzene rings is 3. The van der Waals surface area contributed by atoms with Crippen LogP contribution in [0.4, 0.5) is 8.78 Å². The molecule has 3 aromatic carbocycles. The summed E-state index contributed by atoms with van der Waals surface area (Å²) >= 11 is 5.72. The fourth-order valence-electron chi connectivity index (χ4n) is 4.14. The minimum absolute atomic E-state index is 0.250. The van der Waals surface area contributed by atoms with E-state index in [9.17, 15) is 8.78 Å². The summed E-state index contributed by atoms with van der Waals surface area (Å²) in [5, 5.41) is 7.91. The maximum absolute atomic E-state index is 14.1. The molecule has 0 radical (unpaired) electrons. The third-order valence-electron chi connectivity index (χ3n) is 5.98. The molecule has 0 saturated carbocycles. The fraction of sp³-hybridized carbons (Fsp3) is 0.148. The summed E-state index contributed by atoms with van der Waals surface area (Å²) < 4.78 is 33.5. The molecule has 2 heterocycles. The Morgan fingerprint density at radius 3 is 2.40 bits per heavy atom. The predicted molar refractivity (Wildman–Crippen MR) is 134 cm³/mol. The van der Waals surface area contributed by atoms with Crippen LogP contribution in [0.1, 0.15) is 35.5 Å². The first kappa shape index (κ1) is 22.9. The minimum atomic E-state index is -0.506. The average molecular weight is 489 g/mol. The standard InChI is InChI=1S/C27H22F2N4OS/c1-16-9-11-18(12-10-16)15-33-17(2)23(24(30-27(33)35)19-5-3-7-21(28)13-19)26-31-25(32-34-26)20-6-4-8-22(29)14-20/h3-14,24H,15H2,1-2H3,(H,30,35). The smallest absolute Gasteiger partial charge is 0.258 e. The SMILES string of the molecule is CC1=C(c2nc(-c3cccc(F)c3)no2)C(c2cccc(F)c2)NC(=S)N1Cc1ccc(C)cc1. The van der Waals surface area contributed by atoms with Crippen LogP contribution in [0, 0.1) is 18.6 Å². The molecule has 0 spiro atoms. The molecule has 1 atom stereocenters. The molecule has 0 aliphatic carbocycles. The van der Waals surface area contributed by atoms with Crippen LogP contribution in [0.2, 0.25) is 0 Å². The van der Waals surface area contributed by atoms with E-state index in [-0.39, 0.29) is 17.5 Å². The van der Waals surface area contributed by atoms with Gasteiger partial charge in [0.05, 0.1) is 11.6 Å². The Bertz CT molecular complexity index is 1430. The van der Waals surface area contributed by atoms with E-state index < -0.39 is 11.9 Å². The first-order valence-corrected chi connectivity index (χ1v) is 11.5. The molecule has 1 aliphatic heterocycles. The van der Waals surface area contributed by atoms with Crippen LogP contribution in [0.25, 0.3) is 17.0 Å². The lowest BCUT2D eigenvalue weighted by atomic mass is 9.94. The van der Waals surface area contributed by atoms with Gasteiger partial charge in [-0.25, -0.2) is 8.78 Å². The Kier molecular flexibility index (Phi) is 6.13. The zero-order valence-electron chi connectivity index (χ0n) is 19.1. The number of thiocarbonyl (C=S) groups is 1. The van der Waals surface area contributed by atoms with Crippen molar-refractivity contribution in [3.63, 3.8) is 0 Å². The van der Waals surface area contributed by atoms with Gasteiger partial charge in [-0.05, 0) is 61.5 Å². The van der Waals surface area contributed by atoms with Gasteiger partial charge in [0.2, 0.25) is 5.82 Å². The predicted octanol–water partition coefficient (Wildman–Crippen LogP) is 6.19. The van der Waals surface area contributed by atoms with Crippen molar-refractivity contribution in [2.75, 3.05) is 0 Å². The number of halogens is 2. The molecule has 176 valence electrons. The molecular formula is C27H22F2N4OS. The number of rotatable bonds is 5. The molecule has 1 unspecified atom stereocenters. The van der Waals surface area contributed by atoms with Crippen molar-refractivity contribution >= 4 is 22.9 Å². The number of aromatic nitrogens is 2. The molecule has 5 nitrogen and oxygen atoms in total. The van der Waals surface area contributed by atoms with Crippen LogP contribution in [-0.4, -0.2) is 20.2 Å². The van der Waals surface area contributed by atoms with Gasteiger partial charge in [-0.3, -0.25) is 0 Å². The van der Waals surface area contributed by atoms with Crippen molar-refractivity contribution in [2.24, 2.45) is 0 Å². The van der Waals surface area contributed by atoms with Gasteiger partial charge in [0.1, 0.15) is 11.6 Å². The topological polar surface area (TPSA) is 54.2 Å².